The van der Waals surface area contributed by atoms with E-state index in [0.29, 0.717) is 27.6 Å². The lowest BCUT2D eigenvalue weighted by Gasteiger charge is -2.28. The Labute approximate surface area is 198 Å². The molecule has 5 rings (SSSR count). The Hall–Kier alpha value is -3.95. The van der Waals surface area contributed by atoms with Gasteiger partial charge >= 0.3 is 12.0 Å². The SMILES string of the molecule is O=C(O)C(=O)c1ccc(Oc2nc3nc(-c4ccc(N5CCOCC5)cc4)c(Cl)cc3[nH]2)cc1. The fraction of sp³-hybridized carbons (Fsp3) is 0.167. The number of ether oxygens (including phenoxy) is 2. The molecule has 172 valence electrons. The molecular weight excluding hydrogens is 460 g/mol. The summed E-state index contributed by atoms with van der Waals surface area (Å²) < 4.78 is 11.1. The molecule has 34 heavy (non-hydrogen) atoms. The van der Waals surface area contributed by atoms with Crippen LogP contribution in [0, 0.1) is 0 Å². The maximum Gasteiger partial charge on any atom is 0.377 e. The standard InChI is InChI=1S/C24H19ClN4O5/c25-18-13-19-22(27-20(18)14-1-5-16(6-2-14)29-9-11-33-12-10-29)28-24(26-19)34-17-7-3-15(4-8-17)21(30)23(31)32/h1-8,13H,9-12H2,(H,31,32)(H,26,27,28). The van der Waals surface area contributed by atoms with Crippen molar-refractivity contribution in [2.75, 3.05) is 31.2 Å². The number of pyridine rings is 1. The Bertz CT molecular complexity index is 1360. The number of fused-ring (bicyclic) bond motifs is 1. The number of morpholine rings is 1. The fourth-order valence-corrected chi connectivity index (χ4v) is 3.97. The molecule has 1 aliphatic heterocycles. The number of ketones is 1. The summed E-state index contributed by atoms with van der Waals surface area (Å²) in [4.78, 5) is 36.6. The van der Waals surface area contributed by atoms with Gasteiger partial charge in [-0.25, -0.2) is 9.78 Å². The van der Waals surface area contributed by atoms with E-state index < -0.39 is 11.8 Å². The molecule has 0 atom stereocenters. The van der Waals surface area contributed by atoms with Crippen LogP contribution in [0.4, 0.5) is 5.69 Å². The number of aromatic amines is 1. The minimum absolute atomic E-state index is 0.0576. The Balaban J connectivity index is 1.36. The highest BCUT2D eigenvalue weighted by Crippen LogP contribution is 2.31. The highest BCUT2D eigenvalue weighted by Gasteiger charge is 2.16. The lowest BCUT2D eigenvalue weighted by molar-refractivity contribution is -0.131. The molecule has 4 aromatic rings. The predicted molar refractivity (Wildman–Crippen MR) is 126 cm³/mol. The van der Waals surface area contributed by atoms with Gasteiger partial charge in [-0.05, 0) is 42.5 Å². The van der Waals surface area contributed by atoms with E-state index in [1.54, 1.807) is 6.07 Å². The first kappa shape index (κ1) is 21.9. The molecule has 1 saturated heterocycles. The molecule has 10 heteroatoms. The zero-order valence-electron chi connectivity index (χ0n) is 17.8. The van der Waals surface area contributed by atoms with Crippen LogP contribution in [0.15, 0.2) is 54.6 Å². The summed E-state index contributed by atoms with van der Waals surface area (Å²) in [5.74, 6) is -2.12. The van der Waals surface area contributed by atoms with Gasteiger partial charge in [0.25, 0.3) is 5.78 Å². The molecule has 2 aromatic carbocycles. The Kier molecular flexibility index (Phi) is 5.87. The molecule has 2 N–H and O–H groups in total. The number of nitrogens with zero attached hydrogens (tertiary/aromatic N) is 3. The lowest BCUT2D eigenvalue weighted by atomic mass is 10.1. The van der Waals surface area contributed by atoms with E-state index >= 15 is 0 Å². The minimum Gasteiger partial charge on any atom is -0.475 e. The molecule has 1 aliphatic rings. The van der Waals surface area contributed by atoms with E-state index in [0.717, 1.165) is 37.6 Å². The minimum atomic E-state index is -1.51. The van der Waals surface area contributed by atoms with E-state index in [1.807, 2.05) is 24.3 Å². The maximum atomic E-state index is 11.5. The first-order valence-electron chi connectivity index (χ1n) is 10.5. The number of rotatable bonds is 6. The summed E-state index contributed by atoms with van der Waals surface area (Å²) >= 11 is 6.51. The molecule has 2 aromatic heterocycles. The molecule has 3 heterocycles. The average Bonchev–Trinajstić information content (AvgIpc) is 3.25. The van der Waals surface area contributed by atoms with Gasteiger partial charge in [-0.15, -0.1) is 0 Å². The van der Waals surface area contributed by atoms with Crippen molar-refractivity contribution in [3.63, 3.8) is 0 Å². The number of hydrogen-bond donors (Lipinski definition) is 2. The Morgan fingerprint density at radius 1 is 1.03 bits per heavy atom. The van der Waals surface area contributed by atoms with E-state index in [4.69, 9.17) is 26.2 Å². The Morgan fingerprint density at radius 2 is 1.74 bits per heavy atom. The number of carbonyl (C=O) groups excluding carboxylic acids is 1. The predicted octanol–water partition coefficient (Wildman–Crippen LogP) is 4.17. The summed E-state index contributed by atoms with van der Waals surface area (Å²) in [6, 6.07) is 15.7. The van der Waals surface area contributed by atoms with Crippen LogP contribution >= 0.6 is 11.6 Å². The molecule has 0 radical (unpaired) electrons. The van der Waals surface area contributed by atoms with Crippen molar-refractivity contribution in [1.82, 2.24) is 15.0 Å². The van der Waals surface area contributed by atoms with Gasteiger partial charge in [-0.1, -0.05) is 23.7 Å². The second kappa shape index (κ2) is 9.12. The number of carboxylic acids is 1. The normalized spacial score (nSPS) is 13.7. The summed E-state index contributed by atoms with van der Waals surface area (Å²) in [5, 5.41) is 9.27. The summed E-state index contributed by atoms with van der Waals surface area (Å²) in [5.41, 5.74) is 3.69. The fourth-order valence-electron chi connectivity index (χ4n) is 3.71. The number of Topliss-reactive ketones (excluding diaryl/α,β-unsaturated/α-hetero) is 1. The monoisotopic (exact) mass is 478 g/mol. The average molecular weight is 479 g/mol. The highest BCUT2D eigenvalue weighted by atomic mass is 35.5. The summed E-state index contributed by atoms with van der Waals surface area (Å²) in [6.45, 7) is 3.16. The maximum absolute atomic E-state index is 11.5. The van der Waals surface area contributed by atoms with Gasteiger partial charge in [0.1, 0.15) is 5.75 Å². The number of benzene rings is 2. The number of nitrogens with one attached hydrogen (secondary N) is 1. The molecule has 0 amide bonds. The summed E-state index contributed by atoms with van der Waals surface area (Å²) in [7, 11) is 0. The van der Waals surface area contributed by atoms with Gasteiger partial charge < -0.3 is 24.5 Å². The number of H-pyrrole nitrogens is 1. The zero-order valence-corrected chi connectivity index (χ0v) is 18.6. The quantitative estimate of drug-likeness (QED) is 0.313. The lowest BCUT2D eigenvalue weighted by Crippen LogP contribution is -2.36. The van der Waals surface area contributed by atoms with Gasteiger partial charge in [0.2, 0.25) is 0 Å². The number of halogens is 1. The number of carboxylic acid groups (broad SMARTS) is 1. The molecule has 0 bridgehead atoms. The number of imidazole rings is 1. The van der Waals surface area contributed by atoms with Crippen molar-refractivity contribution in [2.45, 2.75) is 0 Å². The smallest absolute Gasteiger partial charge is 0.377 e. The van der Waals surface area contributed by atoms with Crippen molar-refractivity contribution in [2.24, 2.45) is 0 Å². The van der Waals surface area contributed by atoms with Crippen LogP contribution in [-0.4, -0.2) is 58.1 Å². The van der Waals surface area contributed by atoms with Crippen LogP contribution in [0.1, 0.15) is 10.4 Å². The summed E-state index contributed by atoms with van der Waals surface area (Å²) in [6.07, 6.45) is 0. The van der Waals surface area contributed by atoms with Crippen molar-refractivity contribution in [1.29, 1.82) is 0 Å². The highest BCUT2D eigenvalue weighted by molar-refractivity contribution is 6.39. The molecule has 9 nitrogen and oxygen atoms in total. The second-order valence-corrected chi connectivity index (χ2v) is 8.05. The van der Waals surface area contributed by atoms with Crippen LogP contribution in [0.2, 0.25) is 5.02 Å². The van der Waals surface area contributed by atoms with E-state index in [2.05, 4.69) is 19.9 Å². The molecule has 0 aliphatic carbocycles. The number of carbonyl (C=O) groups is 2. The first-order chi connectivity index (χ1) is 16.5. The largest absolute Gasteiger partial charge is 0.475 e. The van der Waals surface area contributed by atoms with Crippen LogP contribution in [0.3, 0.4) is 0 Å². The van der Waals surface area contributed by atoms with Crippen LogP contribution in [0.25, 0.3) is 22.4 Å². The van der Waals surface area contributed by atoms with E-state index in [-0.39, 0.29) is 11.6 Å². The third-order valence-electron chi connectivity index (χ3n) is 5.45. The van der Waals surface area contributed by atoms with Crippen molar-refractivity contribution >= 4 is 40.2 Å². The van der Waals surface area contributed by atoms with Crippen molar-refractivity contribution < 1.29 is 24.2 Å². The van der Waals surface area contributed by atoms with Crippen LogP contribution < -0.4 is 9.64 Å². The third kappa shape index (κ3) is 4.43. The third-order valence-corrected chi connectivity index (χ3v) is 5.74. The van der Waals surface area contributed by atoms with Crippen LogP contribution in [-0.2, 0) is 9.53 Å². The van der Waals surface area contributed by atoms with E-state index in [9.17, 15) is 9.59 Å². The molecule has 1 fully saturated rings. The number of hydrogen-bond acceptors (Lipinski definition) is 7. The van der Waals surface area contributed by atoms with Gasteiger partial charge in [0, 0.05) is 29.9 Å². The number of aromatic nitrogens is 3. The van der Waals surface area contributed by atoms with E-state index in [1.165, 1.54) is 24.3 Å². The van der Waals surface area contributed by atoms with Gasteiger partial charge in [0.15, 0.2) is 5.65 Å². The number of aliphatic carboxylic acids is 1. The van der Waals surface area contributed by atoms with Crippen molar-refractivity contribution in [3.8, 4) is 23.0 Å². The van der Waals surface area contributed by atoms with Gasteiger partial charge in [-0.2, -0.15) is 4.98 Å². The van der Waals surface area contributed by atoms with Gasteiger partial charge in [-0.3, -0.25) is 4.79 Å². The zero-order chi connectivity index (χ0) is 23.7. The van der Waals surface area contributed by atoms with Crippen LogP contribution in [0.5, 0.6) is 11.8 Å². The second-order valence-electron chi connectivity index (χ2n) is 7.64. The Morgan fingerprint density at radius 3 is 2.41 bits per heavy atom. The van der Waals surface area contributed by atoms with Gasteiger partial charge in [0.05, 0.1) is 29.4 Å². The first-order valence-corrected chi connectivity index (χ1v) is 10.9. The topological polar surface area (TPSA) is 118 Å². The molecule has 0 unspecified atom stereocenters. The molecular formula is C24H19ClN4O5. The van der Waals surface area contributed by atoms with Crippen molar-refractivity contribution in [3.05, 3.63) is 65.2 Å². The number of anilines is 1. The molecule has 0 saturated carbocycles. The molecule has 0 spiro atoms.